The molecule has 0 aromatic heterocycles. The maximum absolute atomic E-state index is 9.19. The Morgan fingerprint density at radius 2 is 1.95 bits per heavy atom. The highest BCUT2D eigenvalue weighted by Gasteiger charge is 2.39. The fourth-order valence-corrected chi connectivity index (χ4v) is 2.43. The van der Waals surface area contributed by atoms with Gasteiger partial charge in [-0.05, 0) is 24.1 Å². The molecule has 19 heavy (non-hydrogen) atoms. The van der Waals surface area contributed by atoms with Gasteiger partial charge in [-0.15, -0.1) is 0 Å². The van der Waals surface area contributed by atoms with Crippen molar-refractivity contribution < 1.29 is 4.74 Å². The quantitative estimate of drug-likeness (QED) is 0.815. The van der Waals surface area contributed by atoms with Crippen LogP contribution in [0.5, 0.6) is 0 Å². The van der Waals surface area contributed by atoms with E-state index in [0.29, 0.717) is 19.1 Å². The van der Waals surface area contributed by atoms with E-state index in [-0.39, 0.29) is 5.41 Å². The monoisotopic (exact) mass is 258 g/mol. The molecule has 0 unspecified atom stereocenters. The molecule has 2 rings (SSSR count). The van der Waals surface area contributed by atoms with Gasteiger partial charge in [0.25, 0.3) is 0 Å². The first-order valence-electron chi connectivity index (χ1n) is 6.81. The van der Waals surface area contributed by atoms with Crippen LogP contribution in [-0.4, -0.2) is 31.7 Å². The van der Waals surface area contributed by atoms with Crippen LogP contribution in [0.25, 0.3) is 0 Å². The van der Waals surface area contributed by atoms with E-state index in [9.17, 15) is 5.26 Å². The lowest BCUT2D eigenvalue weighted by Crippen LogP contribution is -2.48. The molecule has 1 heterocycles. The Balaban J connectivity index is 1.92. The van der Waals surface area contributed by atoms with Crippen LogP contribution >= 0.6 is 0 Å². The summed E-state index contributed by atoms with van der Waals surface area (Å²) in [5.41, 5.74) is 2.37. The molecule has 1 saturated heterocycles. The first-order chi connectivity index (χ1) is 9.04. The van der Waals surface area contributed by atoms with E-state index in [1.807, 2.05) is 0 Å². The van der Waals surface area contributed by atoms with Gasteiger partial charge >= 0.3 is 0 Å². The second-order valence-corrected chi connectivity index (χ2v) is 5.95. The zero-order valence-electron chi connectivity index (χ0n) is 12.0. The van der Waals surface area contributed by atoms with Gasteiger partial charge in [-0.1, -0.05) is 38.1 Å². The molecule has 0 bridgehead atoms. The molecule has 3 nitrogen and oxygen atoms in total. The van der Waals surface area contributed by atoms with Crippen LogP contribution in [-0.2, 0) is 11.3 Å². The third kappa shape index (κ3) is 3.34. The van der Waals surface area contributed by atoms with Crippen molar-refractivity contribution in [2.24, 2.45) is 5.41 Å². The van der Waals surface area contributed by atoms with Crippen LogP contribution in [0.2, 0.25) is 0 Å². The van der Waals surface area contributed by atoms with E-state index in [1.54, 1.807) is 0 Å². The summed E-state index contributed by atoms with van der Waals surface area (Å²) in [6, 6.07) is 11.1. The minimum absolute atomic E-state index is 0.285. The van der Waals surface area contributed by atoms with Gasteiger partial charge in [-0.3, -0.25) is 0 Å². The fraction of sp³-hybridized carbons (Fsp3) is 0.562. The molecule has 1 aliphatic rings. The van der Waals surface area contributed by atoms with Crippen molar-refractivity contribution in [3.63, 3.8) is 0 Å². The second-order valence-electron chi connectivity index (χ2n) is 5.95. The molecule has 0 amide bonds. The molecule has 102 valence electrons. The van der Waals surface area contributed by atoms with Gasteiger partial charge in [0.05, 0.1) is 19.3 Å². The smallest absolute Gasteiger partial charge is 0.116 e. The number of nitrogens with zero attached hydrogens (tertiary/aromatic N) is 2. The number of hydrogen-bond donors (Lipinski definition) is 0. The van der Waals surface area contributed by atoms with Crippen molar-refractivity contribution in [2.75, 3.05) is 26.8 Å². The third-order valence-electron chi connectivity index (χ3n) is 3.67. The Morgan fingerprint density at radius 3 is 2.37 bits per heavy atom. The zero-order chi connectivity index (χ0) is 13.9. The number of nitriles is 1. The molecule has 3 heteroatoms. The standard InChI is InChI=1S/C16H22N2O/c1-13(2)15-6-4-14(5-7-15)8-18(3)10-16(9-17)11-19-12-16/h4-7,13H,8,10-12H2,1-3H3. The number of benzene rings is 1. The molecule has 0 N–H and O–H groups in total. The summed E-state index contributed by atoms with van der Waals surface area (Å²) in [6.07, 6.45) is 0. The van der Waals surface area contributed by atoms with Crippen LogP contribution in [0.3, 0.4) is 0 Å². The summed E-state index contributed by atoms with van der Waals surface area (Å²) >= 11 is 0. The summed E-state index contributed by atoms with van der Waals surface area (Å²) in [5, 5.41) is 9.19. The van der Waals surface area contributed by atoms with E-state index in [2.05, 4.69) is 56.1 Å². The predicted molar refractivity (Wildman–Crippen MR) is 75.7 cm³/mol. The Labute approximate surface area is 115 Å². The second kappa shape index (κ2) is 5.73. The first kappa shape index (κ1) is 14.0. The molecular weight excluding hydrogens is 236 g/mol. The summed E-state index contributed by atoms with van der Waals surface area (Å²) < 4.78 is 5.17. The Morgan fingerprint density at radius 1 is 1.32 bits per heavy atom. The van der Waals surface area contributed by atoms with Gasteiger partial charge in [0.1, 0.15) is 5.41 Å². The van der Waals surface area contributed by atoms with Crippen molar-refractivity contribution in [1.82, 2.24) is 4.90 Å². The third-order valence-corrected chi connectivity index (χ3v) is 3.67. The van der Waals surface area contributed by atoms with E-state index in [1.165, 1.54) is 11.1 Å². The van der Waals surface area contributed by atoms with E-state index in [4.69, 9.17) is 4.74 Å². The maximum atomic E-state index is 9.19. The molecule has 1 fully saturated rings. The average Bonchev–Trinajstić information content (AvgIpc) is 2.34. The highest BCUT2D eigenvalue weighted by Crippen LogP contribution is 2.27. The Kier molecular flexibility index (Phi) is 4.24. The number of hydrogen-bond acceptors (Lipinski definition) is 3. The van der Waals surface area contributed by atoms with Crippen LogP contribution in [0, 0.1) is 16.7 Å². The average molecular weight is 258 g/mol. The van der Waals surface area contributed by atoms with Gasteiger partial charge < -0.3 is 9.64 Å². The predicted octanol–water partition coefficient (Wildman–Crippen LogP) is 2.78. The Hall–Kier alpha value is -1.37. The lowest BCUT2D eigenvalue weighted by Gasteiger charge is -2.38. The minimum atomic E-state index is -0.285. The topological polar surface area (TPSA) is 36.3 Å². The SMILES string of the molecule is CC(C)c1ccc(CN(C)CC2(C#N)COC2)cc1. The molecule has 1 aromatic carbocycles. The van der Waals surface area contributed by atoms with Crippen molar-refractivity contribution in [1.29, 1.82) is 5.26 Å². The van der Waals surface area contributed by atoms with Crippen molar-refractivity contribution in [3.05, 3.63) is 35.4 Å². The molecule has 0 atom stereocenters. The van der Waals surface area contributed by atoms with Crippen molar-refractivity contribution in [3.8, 4) is 6.07 Å². The highest BCUT2D eigenvalue weighted by atomic mass is 16.5. The Bertz CT molecular complexity index is 455. The summed E-state index contributed by atoms with van der Waals surface area (Å²) in [6.45, 7) is 7.19. The fourth-order valence-electron chi connectivity index (χ4n) is 2.43. The van der Waals surface area contributed by atoms with Gasteiger partial charge in [-0.2, -0.15) is 5.26 Å². The summed E-state index contributed by atoms with van der Waals surface area (Å²) in [4.78, 5) is 2.20. The first-order valence-corrected chi connectivity index (χ1v) is 6.81. The van der Waals surface area contributed by atoms with Crippen molar-refractivity contribution in [2.45, 2.75) is 26.3 Å². The summed E-state index contributed by atoms with van der Waals surface area (Å²) in [7, 11) is 2.06. The maximum Gasteiger partial charge on any atom is 0.116 e. The molecule has 1 aliphatic heterocycles. The van der Waals surface area contributed by atoms with Crippen LogP contribution in [0.15, 0.2) is 24.3 Å². The minimum Gasteiger partial charge on any atom is -0.378 e. The van der Waals surface area contributed by atoms with Gasteiger partial charge in [0, 0.05) is 13.1 Å². The molecule has 0 saturated carbocycles. The summed E-state index contributed by atoms with van der Waals surface area (Å²) in [5.74, 6) is 0.570. The molecule has 1 aromatic rings. The number of rotatable bonds is 5. The highest BCUT2D eigenvalue weighted by molar-refractivity contribution is 5.24. The van der Waals surface area contributed by atoms with Gasteiger partial charge in [-0.25, -0.2) is 0 Å². The zero-order valence-corrected chi connectivity index (χ0v) is 12.0. The van der Waals surface area contributed by atoms with E-state index < -0.39 is 0 Å². The van der Waals surface area contributed by atoms with Gasteiger partial charge in [0.15, 0.2) is 0 Å². The number of ether oxygens (including phenoxy) is 1. The lowest BCUT2D eigenvalue weighted by molar-refractivity contribution is -0.0895. The van der Waals surface area contributed by atoms with Crippen molar-refractivity contribution >= 4 is 0 Å². The van der Waals surface area contributed by atoms with E-state index >= 15 is 0 Å². The molecule has 0 spiro atoms. The molecule has 0 radical (unpaired) electrons. The van der Waals surface area contributed by atoms with E-state index in [0.717, 1.165) is 13.1 Å². The molecular formula is C16H22N2O. The lowest BCUT2D eigenvalue weighted by atomic mass is 9.87. The van der Waals surface area contributed by atoms with Gasteiger partial charge in [0.2, 0.25) is 0 Å². The normalized spacial score (nSPS) is 17.3. The largest absolute Gasteiger partial charge is 0.378 e. The molecule has 0 aliphatic carbocycles. The van der Waals surface area contributed by atoms with Crippen LogP contribution < -0.4 is 0 Å². The van der Waals surface area contributed by atoms with Crippen LogP contribution in [0.1, 0.15) is 30.9 Å². The van der Waals surface area contributed by atoms with Crippen LogP contribution in [0.4, 0.5) is 0 Å².